The van der Waals surface area contributed by atoms with E-state index in [1.807, 2.05) is 0 Å². The van der Waals surface area contributed by atoms with E-state index in [0.717, 1.165) is 32.3 Å². The fourth-order valence-electron chi connectivity index (χ4n) is 1.46. The largest absolute Gasteiger partial charge is 0.396 e. The predicted octanol–water partition coefficient (Wildman–Crippen LogP) is 1.47. The van der Waals surface area contributed by atoms with E-state index in [1.165, 1.54) is 0 Å². The molecule has 3 nitrogen and oxygen atoms in total. The third kappa shape index (κ3) is 3.89. The van der Waals surface area contributed by atoms with E-state index in [9.17, 15) is 0 Å². The van der Waals surface area contributed by atoms with Crippen LogP contribution in [0.3, 0.4) is 0 Å². The van der Waals surface area contributed by atoms with Crippen LogP contribution in [0.1, 0.15) is 25.7 Å². The normalized spacial score (nSPS) is 29.6. The minimum Gasteiger partial charge on any atom is -0.396 e. The highest BCUT2D eigenvalue weighted by molar-refractivity contribution is 4.76. The molecule has 1 aliphatic heterocycles. The minimum atomic E-state index is -0.258. The van der Waals surface area contributed by atoms with E-state index in [0.29, 0.717) is 0 Å². The summed E-state index contributed by atoms with van der Waals surface area (Å²) in [6, 6.07) is 0. The lowest BCUT2D eigenvalue weighted by molar-refractivity contribution is -0.125. The zero-order chi connectivity index (χ0) is 9.52. The van der Waals surface area contributed by atoms with Crippen LogP contribution in [-0.2, 0) is 9.47 Å². The molecule has 0 radical (unpaired) electrons. The van der Waals surface area contributed by atoms with Gasteiger partial charge < -0.3 is 14.6 Å². The first kappa shape index (κ1) is 10.7. The highest BCUT2D eigenvalue weighted by Crippen LogP contribution is 2.17. The van der Waals surface area contributed by atoms with Crippen LogP contribution in [0.2, 0.25) is 0 Å². The van der Waals surface area contributed by atoms with Gasteiger partial charge >= 0.3 is 0 Å². The highest BCUT2D eigenvalue weighted by Gasteiger charge is 2.17. The van der Waals surface area contributed by atoms with Gasteiger partial charge in [0.2, 0.25) is 0 Å². The Morgan fingerprint density at radius 2 is 2.38 bits per heavy atom. The second-order valence-electron chi connectivity index (χ2n) is 3.24. The third-order valence-electron chi connectivity index (χ3n) is 2.16. The predicted molar refractivity (Wildman–Crippen MR) is 50.4 cm³/mol. The molecule has 0 aromatic rings. The Hall–Kier alpha value is -0.380. The molecular weight excluding hydrogens is 168 g/mol. The van der Waals surface area contributed by atoms with Crippen molar-refractivity contribution in [2.75, 3.05) is 13.2 Å². The van der Waals surface area contributed by atoms with Gasteiger partial charge in [0.25, 0.3) is 0 Å². The van der Waals surface area contributed by atoms with Crippen LogP contribution in [0.25, 0.3) is 0 Å². The van der Waals surface area contributed by atoms with Gasteiger partial charge in [0.15, 0.2) is 6.29 Å². The molecule has 13 heavy (non-hydrogen) atoms. The second kappa shape index (κ2) is 6.13. The van der Waals surface area contributed by atoms with E-state index in [1.54, 1.807) is 6.08 Å². The van der Waals surface area contributed by atoms with E-state index in [2.05, 4.69) is 6.58 Å². The van der Waals surface area contributed by atoms with Gasteiger partial charge in [-0.15, -0.1) is 0 Å². The molecule has 1 aliphatic rings. The van der Waals surface area contributed by atoms with Gasteiger partial charge in [0.05, 0.1) is 12.7 Å². The second-order valence-corrected chi connectivity index (χ2v) is 3.24. The van der Waals surface area contributed by atoms with Crippen molar-refractivity contribution in [2.45, 2.75) is 38.1 Å². The lowest BCUT2D eigenvalue weighted by atomic mass is 10.1. The lowest BCUT2D eigenvalue weighted by Gasteiger charge is -2.17. The molecule has 0 bridgehead atoms. The van der Waals surface area contributed by atoms with Crippen molar-refractivity contribution in [3.8, 4) is 0 Å². The molecule has 0 spiro atoms. The zero-order valence-electron chi connectivity index (χ0n) is 7.95. The summed E-state index contributed by atoms with van der Waals surface area (Å²) in [4.78, 5) is 0. The van der Waals surface area contributed by atoms with Crippen LogP contribution in [0.15, 0.2) is 12.7 Å². The average molecular weight is 186 g/mol. The van der Waals surface area contributed by atoms with Crippen molar-refractivity contribution in [3.63, 3.8) is 0 Å². The number of rotatable bonds is 4. The standard InChI is InChI=1S/C10H18O3/c1-2-10-12-8-4-6-9(13-10)5-3-7-11/h2,9-11H,1,3-8H2. The van der Waals surface area contributed by atoms with Gasteiger partial charge in [-0.05, 0) is 31.8 Å². The zero-order valence-corrected chi connectivity index (χ0v) is 7.95. The molecule has 1 rings (SSSR count). The Morgan fingerprint density at radius 3 is 3.08 bits per heavy atom. The molecular formula is C10H18O3. The number of aliphatic hydroxyl groups is 1. The third-order valence-corrected chi connectivity index (χ3v) is 2.16. The molecule has 3 heteroatoms. The average Bonchev–Trinajstić information content (AvgIpc) is 2.39. The molecule has 0 aliphatic carbocycles. The Labute approximate surface area is 79.3 Å². The van der Waals surface area contributed by atoms with Gasteiger partial charge in [0, 0.05) is 6.61 Å². The quantitative estimate of drug-likeness (QED) is 0.676. The van der Waals surface area contributed by atoms with Crippen LogP contribution >= 0.6 is 0 Å². The fourth-order valence-corrected chi connectivity index (χ4v) is 1.46. The van der Waals surface area contributed by atoms with Crippen LogP contribution in [0.4, 0.5) is 0 Å². The topological polar surface area (TPSA) is 38.7 Å². The minimum absolute atomic E-state index is 0.220. The molecule has 2 atom stereocenters. The van der Waals surface area contributed by atoms with E-state index in [4.69, 9.17) is 14.6 Å². The van der Waals surface area contributed by atoms with Crippen molar-refractivity contribution in [1.29, 1.82) is 0 Å². The Kier molecular flexibility index (Phi) is 5.05. The molecule has 0 amide bonds. The van der Waals surface area contributed by atoms with Crippen molar-refractivity contribution >= 4 is 0 Å². The Balaban J connectivity index is 2.30. The summed E-state index contributed by atoms with van der Waals surface area (Å²) in [6.07, 6.45) is 5.39. The Morgan fingerprint density at radius 1 is 1.54 bits per heavy atom. The molecule has 1 heterocycles. The summed E-state index contributed by atoms with van der Waals surface area (Å²) in [5.41, 5.74) is 0. The van der Waals surface area contributed by atoms with E-state index in [-0.39, 0.29) is 19.0 Å². The molecule has 0 saturated carbocycles. The molecule has 1 saturated heterocycles. The summed E-state index contributed by atoms with van der Waals surface area (Å²) < 4.78 is 11.0. The number of hydrogen-bond acceptors (Lipinski definition) is 3. The smallest absolute Gasteiger partial charge is 0.176 e. The van der Waals surface area contributed by atoms with Gasteiger partial charge in [0.1, 0.15) is 0 Å². The van der Waals surface area contributed by atoms with Crippen molar-refractivity contribution in [3.05, 3.63) is 12.7 Å². The maximum atomic E-state index is 8.68. The molecule has 0 aromatic heterocycles. The van der Waals surface area contributed by atoms with Gasteiger partial charge in [-0.1, -0.05) is 6.58 Å². The number of ether oxygens (including phenoxy) is 2. The van der Waals surface area contributed by atoms with Crippen molar-refractivity contribution in [2.24, 2.45) is 0 Å². The number of aliphatic hydroxyl groups excluding tert-OH is 1. The van der Waals surface area contributed by atoms with Crippen molar-refractivity contribution in [1.82, 2.24) is 0 Å². The summed E-state index contributed by atoms with van der Waals surface area (Å²) >= 11 is 0. The van der Waals surface area contributed by atoms with Crippen LogP contribution < -0.4 is 0 Å². The first-order chi connectivity index (χ1) is 6.36. The Bertz CT molecular complexity index is 147. The van der Waals surface area contributed by atoms with Crippen molar-refractivity contribution < 1.29 is 14.6 Å². The first-order valence-electron chi connectivity index (χ1n) is 4.87. The highest BCUT2D eigenvalue weighted by atomic mass is 16.7. The number of hydrogen-bond donors (Lipinski definition) is 1. The monoisotopic (exact) mass is 186 g/mol. The molecule has 2 unspecified atom stereocenters. The molecule has 76 valence electrons. The summed E-state index contributed by atoms with van der Waals surface area (Å²) in [7, 11) is 0. The van der Waals surface area contributed by atoms with Gasteiger partial charge in [-0.2, -0.15) is 0 Å². The van der Waals surface area contributed by atoms with Crippen LogP contribution in [0, 0.1) is 0 Å². The summed E-state index contributed by atoms with van der Waals surface area (Å²) in [6.45, 7) is 4.62. The molecule has 1 fully saturated rings. The van der Waals surface area contributed by atoms with Gasteiger partial charge in [-0.25, -0.2) is 0 Å². The van der Waals surface area contributed by atoms with E-state index >= 15 is 0 Å². The lowest BCUT2D eigenvalue weighted by Crippen LogP contribution is -2.19. The summed E-state index contributed by atoms with van der Waals surface area (Å²) in [5, 5.41) is 8.68. The summed E-state index contributed by atoms with van der Waals surface area (Å²) in [5.74, 6) is 0. The molecule has 0 aromatic carbocycles. The SMILES string of the molecule is C=CC1OCCCC(CCCO)O1. The van der Waals surface area contributed by atoms with Crippen LogP contribution in [-0.4, -0.2) is 30.7 Å². The molecule has 1 N–H and O–H groups in total. The maximum absolute atomic E-state index is 8.68. The van der Waals surface area contributed by atoms with Gasteiger partial charge in [-0.3, -0.25) is 0 Å². The first-order valence-corrected chi connectivity index (χ1v) is 4.87. The van der Waals surface area contributed by atoms with Crippen LogP contribution in [0.5, 0.6) is 0 Å². The van der Waals surface area contributed by atoms with E-state index < -0.39 is 0 Å². The maximum Gasteiger partial charge on any atom is 0.176 e. The fraction of sp³-hybridized carbons (Fsp3) is 0.800.